The minimum Gasteiger partial charge on any atom is -0.382 e. The van der Waals surface area contributed by atoms with Gasteiger partial charge in [0.1, 0.15) is 5.82 Å². The summed E-state index contributed by atoms with van der Waals surface area (Å²) in [6.07, 6.45) is 8.45. The molecule has 3 aromatic rings. The number of nitriles is 1. The highest BCUT2D eigenvalue weighted by Gasteiger charge is 2.35. The predicted molar refractivity (Wildman–Crippen MR) is 159 cm³/mol. The number of carbonyl (C=O) groups excluding carboxylic acids is 1. The summed E-state index contributed by atoms with van der Waals surface area (Å²) in [5, 5.41) is 15.7. The topological polar surface area (TPSA) is 89.2 Å². The molecule has 0 bridgehead atoms. The third-order valence-corrected chi connectivity index (χ3v) is 8.28. The van der Waals surface area contributed by atoms with Crippen molar-refractivity contribution in [1.29, 1.82) is 5.26 Å². The van der Waals surface area contributed by atoms with Gasteiger partial charge in [0.25, 0.3) is 0 Å². The van der Waals surface area contributed by atoms with E-state index in [0.717, 1.165) is 36.5 Å². The molecule has 2 aromatic carbocycles. The third-order valence-electron chi connectivity index (χ3n) is 7.77. The first-order valence-corrected chi connectivity index (χ1v) is 14.2. The maximum absolute atomic E-state index is 13.0. The molecular formula is C31H30BrN7O. The number of hydrogen-bond acceptors (Lipinski definition) is 5. The van der Waals surface area contributed by atoms with Crippen LogP contribution in [-0.4, -0.2) is 58.1 Å². The van der Waals surface area contributed by atoms with Crippen LogP contribution in [0.15, 0.2) is 88.3 Å². The van der Waals surface area contributed by atoms with Crippen LogP contribution in [0.5, 0.6) is 0 Å². The Bertz CT molecular complexity index is 1570. The van der Waals surface area contributed by atoms with Gasteiger partial charge in [0.15, 0.2) is 0 Å². The number of aryl methyl sites for hydroxylation is 1. The van der Waals surface area contributed by atoms with Gasteiger partial charge in [-0.25, -0.2) is 9.78 Å². The molecule has 202 valence electrons. The lowest BCUT2D eigenvalue weighted by Crippen LogP contribution is -2.52. The first-order chi connectivity index (χ1) is 19.5. The molecule has 0 radical (unpaired) electrons. The van der Waals surface area contributed by atoms with Gasteiger partial charge in [0.2, 0.25) is 0 Å². The van der Waals surface area contributed by atoms with E-state index in [-0.39, 0.29) is 12.1 Å². The summed E-state index contributed by atoms with van der Waals surface area (Å²) >= 11 is 3.74. The number of halogens is 1. The predicted octanol–water partition coefficient (Wildman–Crippen LogP) is 5.19. The standard InChI is InChI=1S/C31H30BrN7O/c1-21-34-10-11-39(21)20-24-16-23-4-2-3-5-27(23)30(29-28(24)17-25(32)19-35-29)37-12-14-38(15-13-37)31(40)36-26-8-6-22(18-33)7-9-26/h2-11,16-17,30,35H,12-15,19-20H2,1H3,(H,36,40). The Balaban J connectivity index is 1.27. The van der Waals surface area contributed by atoms with Crippen LogP contribution >= 0.6 is 15.9 Å². The molecule has 3 heterocycles. The Labute approximate surface area is 242 Å². The molecule has 0 spiro atoms. The number of aromatic nitrogens is 2. The van der Waals surface area contributed by atoms with Crippen LogP contribution in [0.3, 0.4) is 0 Å². The number of hydrogen-bond donors (Lipinski definition) is 2. The van der Waals surface area contributed by atoms with E-state index in [4.69, 9.17) is 5.26 Å². The van der Waals surface area contributed by atoms with E-state index in [9.17, 15) is 4.79 Å². The fourth-order valence-electron chi connectivity index (χ4n) is 5.66. The van der Waals surface area contributed by atoms with Crippen LogP contribution in [-0.2, 0) is 6.54 Å². The molecule has 2 aliphatic heterocycles. The Morgan fingerprint density at radius 3 is 2.62 bits per heavy atom. The van der Waals surface area contributed by atoms with Gasteiger partial charge in [-0.3, -0.25) is 4.90 Å². The van der Waals surface area contributed by atoms with E-state index in [1.807, 2.05) is 24.2 Å². The molecule has 1 saturated heterocycles. The summed E-state index contributed by atoms with van der Waals surface area (Å²) in [5.41, 5.74) is 7.37. The lowest BCUT2D eigenvalue weighted by Gasteiger charge is -2.41. The molecule has 2 amide bonds. The van der Waals surface area contributed by atoms with Crippen molar-refractivity contribution in [3.8, 4) is 6.07 Å². The number of urea groups is 1. The second kappa shape index (κ2) is 11.2. The van der Waals surface area contributed by atoms with Crippen molar-refractivity contribution < 1.29 is 4.79 Å². The molecule has 1 aromatic heterocycles. The number of fused-ring (bicyclic) bond motifs is 1. The van der Waals surface area contributed by atoms with Crippen LogP contribution in [0.2, 0.25) is 0 Å². The number of allylic oxidation sites excluding steroid dienone is 3. The van der Waals surface area contributed by atoms with Crippen molar-refractivity contribution in [2.24, 2.45) is 0 Å². The molecule has 1 atom stereocenters. The van der Waals surface area contributed by atoms with E-state index in [0.29, 0.717) is 24.3 Å². The number of benzene rings is 2. The van der Waals surface area contributed by atoms with Gasteiger partial charge < -0.3 is 20.1 Å². The van der Waals surface area contributed by atoms with Crippen LogP contribution in [0.25, 0.3) is 6.08 Å². The summed E-state index contributed by atoms with van der Waals surface area (Å²) in [6, 6.07) is 17.6. The lowest BCUT2D eigenvalue weighted by molar-refractivity contribution is 0.122. The average molecular weight is 597 g/mol. The highest BCUT2D eigenvalue weighted by atomic mass is 79.9. The Hall–Kier alpha value is -4.13. The average Bonchev–Trinajstić information content (AvgIpc) is 3.33. The summed E-state index contributed by atoms with van der Waals surface area (Å²) in [7, 11) is 0. The number of dihydropyridines is 1. The minimum absolute atomic E-state index is 0.0458. The normalized spacial score (nSPS) is 18.9. The van der Waals surface area contributed by atoms with Gasteiger partial charge in [-0.05, 0) is 60.0 Å². The summed E-state index contributed by atoms with van der Waals surface area (Å²) < 4.78 is 3.30. The number of nitrogens with zero attached hydrogens (tertiary/aromatic N) is 5. The van der Waals surface area contributed by atoms with Crippen molar-refractivity contribution >= 4 is 33.7 Å². The van der Waals surface area contributed by atoms with Crippen molar-refractivity contribution in [3.63, 3.8) is 0 Å². The fraction of sp³-hybridized carbons (Fsp3) is 0.258. The summed E-state index contributed by atoms with van der Waals surface area (Å²) in [5.74, 6) is 0.986. The van der Waals surface area contributed by atoms with Crippen molar-refractivity contribution in [2.75, 3.05) is 38.0 Å². The second-order valence-corrected chi connectivity index (χ2v) is 11.2. The monoisotopic (exact) mass is 595 g/mol. The van der Waals surface area contributed by atoms with Gasteiger partial charge in [0, 0.05) is 73.1 Å². The maximum atomic E-state index is 13.0. The van der Waals surface area contributed by atoms with Gasteiger partial charge in [0.05, 0.1) is 17.7 Å². The van der Waals surface area contributed by atoms with Gasteiger partial charge in [-0.15, -0.1) is 0 Å². The minimum atomic E-state index is -0.118. The molecule has 2 N–H and O–H groups in total. The molecule has 1 unspecified atom stereocenters. The van der Waals surface area contributed by atoms with Crippen molar-refractivity contribution in [1.82, 2.24) is 24.7 Å². The van der Waals surface area contributed by atoms with Crippen LogP contribution in [0.1, 0.15) is 28.6 Å². The highest BCUT2D eigenvalue weighted by Crippen LogP contribution is 2.41. The second-order valence-electron chi connectivity index (χ2n) is 10.2. The highest BCUT2D eigenvalue weighted by molar-refractivity contribution is 9.11. The Morgan fingerprint density at radius 1 is 1.12 bits per heavy atom. The first-order valence-electron chi connectivity index (χ1n) is 13.4. The SMILES string of the molecule is Cc1nccn1CC1=Cc2ccccc2C(N2CCN(C(=O)Nc3ccc(C#N)cc3)CC2)C2=C1C=C(Br)CN2. The zero-order chi connectivity index (χ0) is 27.6. The van der Waals surface area contributed by atoms with E-state index in [2.05, 4.69) is 83.5 Å². The molecule has 6 rings (SSSR count). The molecule has 8 nitrogen and oxygen atoms in total. The van der Waals surface area contributed by atoms with Crippen LogP contribution in [0.4, 0.5) is 10.5 Å². The lowest BCUT2D eigenvalue weighted by atomic mass is 9.94. The molecule has 9 heteroatoms. The molecule has 0 saturated carbocycles. The maximum Gasteiger partial charge on any atom is 0.321 e. The first kappa shape index (κ1) is 26.1. The van der Waals surface area contributed by atoms with Crippen molar-refractivity contribution in [3.05, 3.63) is 111 Å². The Morgan fingerprint density at radius 2 is 1.90 bits per heavy atom. The van der Waals surface area contributed by atoms with Gasteiger partial charge >= 0.3 is 6.03 Å². The smallest absolute Gasteiger partial charge is 0.321 e. The zero-order valence-electron chi connectivity index (χ0n) is 22.3. The number of imidazole rings is 1. The molecule has 3 aliphatic rings. The number of amides is 2. The third kappa shape index (κ3) is 5.20. The van der Waals surface area contributed by atoms with E-state index < -0.39 is 0 Å². The van der Waals surface area contributed by atoms with Crippen molar-refractivity contribution in [2.45, 2.75) is 19.5 Å². The van der Waals surface area contributed by atoms with E-state index >= 15 is 0 Å². The number of anilines is 1. The summed E-state index contributed by atoms with van der Waals surface area (Å²) in [6.45, 7) is 6.24. The van der Waals surface area contributed by atoms with E-state index in [1.165, 1.54) is 28.0 Å². The quantitative estimate of drug-likeness (QED) is 0.433. The molecule has 40 heavy (non-hydrogen) atoms. The largest absolute Gasteiger partial charge is 0.382 e. The number of rotatable bonds is 4. The van der Waals surface area contributed by atoms with Crippen LogP contribution in [0, 0.1) is 18.3 Å². The zero-order valence-corrected chi connectivity index (χ0v) is 23.9. The van der Waals surface area contributed by atoms with E-state index in [1.54, 1.807) is 24.3 Å². The van der Waals surface area contributed by atoms with Gasteiger partial charge in [-0.1, -0.05) is 40.2 Å². The number of piperazine rings is 1. The van der Waals surface area contributed by atoms with Crippen LogP contribution < -0.4 is 10.6 Å². The molecular weight excluding hydrogens is 566 g/mol. The number of nitrogens with one attached hydrogen (secondary N) is 2. The molecule has 1 aliphatic carbocycles. The number of carbonyl (C=O) groups is 1. The fourth-order valence-corrected chi connectivity index (χ4v) is 6.03. The van der Waals surface area contributed by atoms with Gasteiger partial charge in [-0.2, -0.15) is 5.26 Å². The summed E-state index contributed by atoms with van der Waals surface area (Å²) in [4.78, 5) is 21.8. The molecule has 1 fully saturated rings. The Kier molecular flexibility index (Phi) is 7.29.